The van der Waals surface area contributed by atoms with Gasteiger partial charge < -0.3 is 9.47 Å². The van der Waals surface area contributed by atoms with Crippen LogP contribution in [0.15, 0.2) is 78.9 Å². The first-order valence-electron chi connectivity index (χ1n) is 10.5. The number of aromatic nitrogens is 3. The van der Waals surface area contributed by atoms with E-state index in [0.717, 1.165) is 28.3 Å². The maximum atomic E-state index is 12.6. The highest BCUT2D eigenvalue weighted by atomic mass is 16.5. The van der Waals surface area contributed by atoms with Gasteiger partial charge in [-0.05, 0) is 54.1 Å². The van der Waals surface area contributed by atoms with Crippen LogP contribution in [0.4, 0.5) is 0 Å². The summed E-state index contributed by atoms with van der Waals surface area (Å²) in [6.07, 6.45) is 0. The topological polar surface area (TPSA) is 66.2 Å². The van der Waals surface area contributed by atoms with E-state index in [4.69, 9.17) is 9.47 Å². The summed E-state index contributed by atoms with van der Waals surface area (Å²) in [5.41, 5.74) is 2.73. The van der Waals surface area contributed by atoms with E-state index >= 15 is 0 Å². The van der Waals surface area contributed by atoms with Crippen molar-refractivity contribution in [3.8, 4) is 28.6 Å². The predicted molar refractivity (Wildman–Crippen MR) is 123 cm³/mol. The Bertz CT molecular complexity index is 1180. The minimum Gasteiger partial charge on any atom is -0.497 e. The van der Waals surface area contributed by atoms with Crippen molar-refractivity contribution in [2.24, 2.45) is 5.92 Å². The van der Waals surface area contributed by atoms with E-state index in [1.165, 1.54) is 0 Å². The van der Waals surface area contributed by atoms with Gasteiger partial charge in [-0.2, -0.15) is 0 Å². The Kier molecular flexibility index (Phi) is 6.31. The van der Waals surface area contributed by atoms with Crippen LogP contribution in [0.5, 0.6) is 11.5 Å². The van der Waals surface area contributed by atoms with E-state index in [1.54, 1.807) is 11.8 Å². The number of benzene rings is 3. The minimum absolute atomic E-state index is 0.0960. The maximum absolute atomic E-state index is 12.6. The lowest BCUT2D eigenvalue weighted by atomic mass is 10.1. The average molecular weight is 428 g/mol. The number of carbonyl (C=O) groups is 1. The second-order valence-corrected chi connectivity index (χ2v) is 7.69. The second-order valence-electron chi connectivity index (χ2n) is 7.69. The highest BCUT2D eigenvalue weighted by Crippen LogP contribution is 2.26. The summed E-state index contributed by atoms with van der Waals surface area (Å²) in [5.74, 6) is 2.01. The highest BCUT2D eigenvalue weighted by molar-refractivity contribution is 5.94. The van der Waals surface area contributed by atoms with Crippen LogP contribution in [0.1, 0.15) is 30.0 Å². The Morgan fingerprint density at radius 3 is 2.19 bits per heavy atom. The Morgan fingerprint density at radius 2 is 1.56 bits per heavy atom. The Morgan fingerprint density at radius 1 is 0.906 bits per heavy atom. The number of nitrogens with zero attached hydrogens (tertiary/aromatic N) is 3. The number of hydrogen-bond donors (Lipinski definition) is 0. The summed E-state index contributed by atoms with van der Waals surface area (Å²) in [7, 11) is 1.62. The van der Waals surface area contributed by atoms with Gasteiger partial charge in [-0.3, -0.25) is 4.79 Å². The third-order valence-corrected chi connectivity index (χ3v) is 5.03. The van der Waals surface area contributed by atoms with Crippen molar-refractivity contribution in [1.29, 1.82) is 0 Å². The summed E-state index contributed by atoms with van der Waals surface area (Å²) in [6.45, 7) is 4.18. The van der Waals surface area contributed by atoms with Crippen molar-refractivity contribution < 1.29 is 14.3 Å². The van der Waals surface area contributed by atoms with Crippen molar-refractivity contribution in [2.45, 2.75) is 20.5 Å². The quantitative estimate of drug-likeness (QED) is 0.354. The molecule has 0 aliphatic heterocycles. The number of hydrogen-bond acceptors (Lipinski definition) is 5. The van der Waals surface area contributed by atoms with Gasteiger partial charge in [-0.15, -0.1) is 5.10 Å². The fourth-order valence-corrected chi connectivity index (χ4v) is 3.21. The molecule has 0 saturated carbocycles. The van der Waals surface area contributed by atoms with Gasteiger partial charge in [0.25, 0.3) is 0 Å². The Hall–Kier alpha value is -3.93. The molecular formula is C26H25N3O3. The molecular weight excluding hydrogens is 402 g/mol. The first-order chi connectivity index (χ1) is 15.5. The molecule has 4 aromatic rings. The van der Waals surface area contributed by atoms with Gasteiger partial charge in [0.1, 0.15) is 18.1 Å². The van der Waals surface area contributed by atoms with Crippen LogP contribution in [-0.2, 0) is 6.61 Å². The zero-order chi connectivity index (χ0) is 22.5. The summed E-state index contributed by atoms with van der Waals surface area (Å²) < 4.78 is 12.8. The molecule has 6 heteroatoms. The van der Waals surface area contributed by atoms with Crippen molar-refractivity contribution >= 4 is 5.78 Å². The molecule has 0 fully saturated rings. The van der Waals surface area contributed by atoms with E-state index in [9.17, 15) is 4.79 Å². The number of rotatable bonds is 8. The van der Waals surface area contributed by atoms with Crippen LogP contribution in [0.25, 0.3) is 17.1 Å². The molecule has 0 atom stereocenters. The van der Waals surface area contributed by atoms with Gasteiger partial charge in [0.2, 0.25) is 11.6 Å². The molecule has 6 nitrogen and oxygen atoms in total. The van der Waals surface area contributed by atoms with Crippen LogP contribution < -0.4 is 9.47 Å². The smallest absolute Gasteiger partial charge is 0.218 e. The SMILES string of the molecule is COc1ccc(-n2nc(C(=O)C(C)C)nc2-c2ccc(OCc3ccccc3)cc2)cc1. The van der Waals surface area contributed by atoms with Crippen LogP contribution in [0.2, 0.25) is 0 Å². The lowest BCUT2D eigenvalue weighted by Gasteiger charge is -2.09. The standard InChI is InChI=1S/C26H25N3O3/c1-18(2)24(30)25-27-26(29(28-25)21-11-15-22(31-3)16-12-21)20-9-13-23(14-10-20)32-17-19-7-5-4-6-8-19/h4-16,18H,17H2,1-3H3. The van der Waals surface area contributed by atoms with Gasteiger partial charge in [-0.1, -0.05) is 44.2 Å². The molecule has 0 bridgehead atoms. The number of ether oxygens (including phenoxy) is 2. The molecule has 0 N–H and O–H groups in total. The highest BCUT2D eigenvalue weighted by Gasteiger charge is 2.21. The van der Waals surface area contributed by atoms with Gasteiger partial charge in [-0.25, -0.2) is 9.67 Å². The Labute approximate surface area is 187 Å². The van der Waals surface area contributed by atoms with Crippen LogP contribution in [0, 0.1) is 5.92 Å². The fourth-order valence-electron chi connectivity index (χ4n) is 3.21. The van der Waals surface area contributed by atoms with Gasteiger partial charge in [0.05, 0.1) is 12.8 Å². The second kappa shape index (κ2) is 9.47. The van der Waals surface area contributed by atoms with Crippen molar-refractivity contribution in [1.82, 2.24) is 14.8 Å². The third-order valence-electron chi connectivity index (χ3n) is 5.03. The lowest BCUT2D eigenvalue weighted by molar-refractivity contribution is 0.0929. The number of methoxy groups -OCH3 is 1. The zero-order valence-corrected chi connectivity index (χ0v) is 18.4. The number of Topliss-reactive ketones (excluding diaryl/α,β-unsaturated/α-hetero) is 1. The first-order valence-corrected chi connectivity index (χ1v) is 10.5. The van der Waals surface area contributed by atoms with Crippen molar-refractivity contribution in [3.63, 3.8) is 0 Å². The molecule has 0 saturated heterocycles. The summed E-state index contributed by atoms with van der Waals surface area (Å²) in [4.78, 5) is 17.1. The molecule has 162 valence electrons. The van der Waals surface area contributed by atoms with Crippen molar-refractivity contribution in [2.75, 3.05) is 7.11 Å². The molecule has 1 aromatic heterocycles. The molecule has 1 heterocycles. The Balaban J connectivity index is 1.64. The predicted octanol–water partition coefficient (Wildman–Crippen LogP) is 5.36. The molecule has 4 rings (SSSR count). The van der Waals surface area contributed by atoms with Crippen LogP contribution in [0.3, 0.4) is 0 Å². The number of ketones is 1. The lowest BCUT2D eigenvalue weighted by Crippen LogP contribution is -2.10. The molecule has 0 spiro atoms. The van der Waals surface area contributed by atoms with E-state index in [1.807, 2.05) is 92.7 Å². The molecule has 0 aliphatic carbocycles. The third kappa shape index (κ3) is 4.70. The van der Waals surface area contributed by atoms with Crippen LogP contribution in [-0.4, -0.2) is 27.7 Å². The minimum atomic E-state index is -0.191. The van der Waals surface area contributed by atoms with Crippen LogP contribution >= 0.6 is 0 Å². The van der Waals surface area contributed by atoms with E-state index in [2.05, 4.69) is 10.1 Å². The maximum Gasteiger partial charge on any atom is 0.218 e. The van der Waals surface area contributed by atoms with E-state index in [0.29, 0.717) is 12.4 Å². The molecule has 0 aliphatic rings. The van der Waals surface area contributed by atoms with E-state index < -0.39 is 0 Å². The first kappa shape index (κ1) is 21.3. The van der Waals surface area contributed by atoms with E-state index in [-0.39, 0.29) is 17.5 Å². The summed E-state index contributed by atoms with van der Waals surface area (Å²) in [6, 6.07) is 25.1. The normalized spacial score (nSPS) is 10.9. The largest absolute Gasteiger partial charge is 0.497 e. The van der Waals surface area contributed by atoms with Crippen molar-refractivity contribution in [3.05, 3.63) is 90.3 Å². The molecule has 0 radical (unpaired) electrons. The fraction of sp³-hybridized carbons (Fsp3) is 0.192. The molecule has 0 unspecified atom stereocenters. The number of carbonyl (C=O) groups excluding carboxylic acids is 1. The summed E-state index contributed by atoms with van der Waals surface area (Å²) in [5, 5.41) is 4.52. The zero-order valence-electron chi connectivity index (χ0n) is 18.4. The van der Waals surface area contributed by atoms with Gasteiger partial charge in [0, 0.05) is 11.5 Å². The molecule has 32 heavy (non-hydrogen) atoms. The van der Waals surface area contributed by atoms with Gasteiger partial charge in [0.15, 0.2) is 5.82 Å². The monoisotopic (exact) mass is 427 g/mol. The van der Waals surface area contributed by atoms with Gasteiger partial charge >= 0.3 is 0 Å². The molecule has 0 amide bonds. The average Bonchev–Trinajstić information content (AvgIpc) is 3.28. The molecule has 3 aromatic carbocycles. The summed E-state index contributed by atoms with van der Waals surface area (Å²) >= 11 is 0.